The van der Waals surface area contributed by atoms with Gasteiger partial charge in [-0.25, -0.2) is 8.78 Å². The van der Waals surface area contributed by atoms with Crippen molar-refractivity contribution in [3.8, 4) is 0 Å². The number of halogens is 2. The summed E-state index contributed by atoms with van der Waals surface area (Å²) in [5.41, 5.74) is 0.467. The average Bonchev–Trinajstić information content (AvgIpc) is 2.17. The van der Waals surface area contributed by atoms with Crippen molar-refractivity contribution in [1.82, 2.24) is 4.90 Å². The zero-order valence-corrected chi connectivity index (χ0v) is 8.54. The molecule has 2 nitrogen and oxygen atoms in total. The third-order valence-corrected chi connectivity index (χ3v) is 2.16. The second kappa shape index (κ2) is 5.56. The number of rotatable bonds is 5. The van der Waals surface area contributed by atoms with Crippen molar-refractivity contribution in [1.29, 1.82) is 0 Å². The van der Waals surface area contributed by atoms with Crippen LogP contribution in [0.2, 0.25) is 0 Å². The lowest BCUT2D eigenvalue weighted by atomic mass is 10.1. The second-order valence-electron chi connectivity index (χ2n) is 3.41. The topological polar surface area (TPSA) is 20.3 Å². The Morgan fingerprint density at radius 1 is 1.40 bits per heavy atom. The highest BCUT2D eigenvalue weighted by molar-refractivity contribution is 5.51. The number of hydrogen-bond donors (Lipinski definition) is 0. The Morgan fingerprint density at radius 3 is 2.73 bits per heavy atom. The fraction of sp³-hybridized carbons (Fsp3) is 0.364. The molecule has 0 amide bonds. The molecule has 1 aromatic rings. The molecule has 0 fully saturated rings. The largest absolute Gasteiger partial charge is 0.302 e. The molecule has 0 saturated heterocycles. The first-order chi connectivity index (χ1) is 7.13. The summed E-state index contributed by atoms with van der Waals surface area (Å²) in [6.07, 6.45) is 1.26. The molecule has 4 heteroatoms. The molecule has 82 valence electrons. The van der Waals surface area contributed by atoms with Crippen LogP contribution in [0.5, 0.6) is 0 Å². The van der Waals surface area contributed by atoms with Gasteiger partial charge in [-0.3, -0.25) is 4.90 Å². The molecule has 0 N–H and O–H groups in total. The maximum atomic E-state index is 13.2. The Balaban J connectivity index is 2.54. The summed E-state index contributed by atoms with van der Waals surface area (Å²) in [5.74, 6) is -1.10. The molecule has 0 aromatic heterocycles. The molecule has 0 unspecified atom stereocenters. The van der Waals surface area contributed by atoms with Crippen LogP contribution in [-0.4, -0.2) is 31.3 Å². The molecule has 0 atom stereocenters. The molecule has 0 bridgehead atoms. The van der Waals surface area contributed by atoms with Gasteiger partial charge in [0.1, 0.15) is 17.9 Å². The van der Waals surface area contributed by atoms with E-state index in [0.29, 0.717) is 25.1 Å². The molecular weight excluding hydrogens is 200 g/mol. The first kappa shape index (κ1) is 11.8. The third-order valence-electron chi connectivity index (χ3n) is 2.16. The zero-order valence-electron chi connectivity index (χ0n) is 8.54. The molecule has 15 heavy (non-hydrogen) atoms. The van der Waals surface area contributed by atoms with Crippen molar-refractivity contribution in [2.24, 2.45) is 0 Å². The number of benzene rings is 1. The monoisotopic (exact) mass is 213 g/mol. The van der Waals surface area contributed by atoms with Gasteiger partial charge in [0.25, 0.3) is 0 Å². The van der Waals surface area contributed by atoms with Gasteiger partial charge < -0.3 is 4.79 Å². The van der Waals surface area contributed by atoms with Gasteiger partial charge >= 0.3 is 0 Å². The van der Waals surface area contributed by atoms with Crippen molar-refractivity contribution >= 4 is 6.29 Å². The lowest BCUT2D eigenvalue weighted by Gasteiger charge is -2.12. The fourth-order valence-corrected chi connectivity index (χ4v) is 1.25. The minimum absolute atomic E-state index is 0.322. The molecular formula is C11H13F2NO. The smallest absolute Gasteiger partial charge is 0.133 e. The third kappa shape index (κ3) is 3.75. The number of hydrogen-bond acceptors (Lipinski definition) is 2. The summed E-state index contributed by atoms with van der Waals surface area (Å²) in [6, 6.07) is 3.53. The fourth-order valence-electron chi connectivity index (χ4n) is 1.25. The molecule has 0 heterocycles. The first-order valence-electron chi connectivity index (χ1n) is 4.69. The van der Waals surface area contributed by atoms with Gasteiger partial charge in [0, 0.05) is 12.6 Å². The van der Waals surface area contributed by atoms with E-state index in [9.17, 15) is 13.6 Å². The highest BCUT2D eigenvalue weighted by Gasteiger charge is 2.04. The van der Waals surface area contributed by atoms with Crippen LogP contribution in [0.4, 0.5) is 8.78 Å². The van der Waals surface area contributed by atoms with Crippen molar-refractivity contribution < 1.29 is 13.6 Å². The molecule has 1 aromatic carbocycles. The van der Waals surface area contributed by atoms with Gasteiger partial charge in [0.2, 0.25) is 0 Å². The number of carbonyl (C=O) groups excluding carboxylic acids is 1. The normalized spacial score (nSPS) is 10.7. The minimum atomic E-state index is -0.572. The Bertz CT molecular complexity index is 341. The van der Waals surface area contributed by atoms with Crippen molar-refractivity contribution in [3.63, 3.8) is 0 Å². The van der Waals surface area contributed by atoms with Crippen LogP contribution in [-0.2, 0) is 11.2 Å². The highest BCUT2D eigenvalue weighted by Crippen LogP contribution is 2.10. The van der Waals surface area contributed by atoms with Crippen LogP contribution < -0.4 is 0 Å². The quantitative estimate of drug-likeness (QED) is 0.693. The predicted octanol–water partition coefficient (Wildman–Crippen LogP) is 1.64. The van der Waals surface area contributed by atoms with Gasteiger partial charge in [-0.1, -0.05) is 6.07 Å². The molecule has 0 aliphatic rings. The van der Waals surface area contributed by atoms with Crippen LogP contribution in [0.1, 0.15) is 5.56 Å². The standard InChI is InChI=1S/C11H13F2NO/c1-14(6-7-15)5-4-9-2-3-10(12)8-11(9)13/h2-3,7-8H,4-6H2,1H3. The van der Waals surface area contributed by atoms with Gasteiger partial charge in [-0.15, -0.1) is 0 Å². The molecule has 0 spiro atoms. The van der Waals surface area contributed by atoms with Crippen molar-refractivity contribution in [3.05, 3.63) is 35.4 Å². The van der Waals surface area contributed by atoms with E-state index in [-0.39, 0.29) is 0 Å². The summed E-state index contributed by atoms with van der Waals surface area (Å²) in [6.45, 7) is 0.893. The van der Waals surface area contributed by atoms with Gasteiger partial charge in [-0.2, -0.15) is 0 Å². The predicted molar refractivity (Wildman–Crippen MR) is 53.6 cm³/mol. The number of carbonyl (C=O) groups is 1. The zero-order chi connectivity index (χ0) is 11.3. The van der Waals surface area contributed by atoms with E-state index in [1.807, 2.05) is 0 Å². The summed E-state index contributed by atoms with van der Waals surface area (Å²) in [4.78, 5) is 11.9. The maximum Gasteiger partial charge on any atom is 0.133 e. The van der Waals surface area contributed by atoms with Crippen LogP contribution >= 0.6 is 0 Å². The summed E-state index contributed by atoms with van der Waals surface area (Å²) < 4.78 is 25.7. The first-order valence-corrected chi connectivity index (χ1v) is 4.69. The number of aldehydes is 1. The Morgan fingerprint density at radius 2 is 2.13 bits per heavy atom. The Labute approximate surface area is 87.5 Å². The number of likely N-dealkylation sites (N-methyl/N-ethyl adjacent to an activating group) is 1. The second-order valence-corrected chi connectivity index (χ2v) is 3.41. The van der Waals surface area contributed by atoms with Crippen LogP contribution in [0.25, 0.3) is 0 Å². The van der Waals surface area contributed by atoms with E-state index in [1.165, 1.54) is 12.1 Å². The molecule has 0 radical (unpaired) electrons. The van der Waals surface area contributed by atoms with Crippen LogP contribution in [0.15, 0.2) is 18.2 Å². The molecule has 0 aliphatic carbocycles. The molecule has 1 rings (SSSR count). The van der Waals surface area contributed by atoms with E-state index < -0.39 is 11.6 Å². The lowest BCUT2D eigenvalue weighted by molar-refractivity contribution is -0.108. The summed E-state index contributed by atoms with van der Waals surface area (Å²) in [5, 5.41) is 0. The van der Waals surface area contributed by atoms with Crippen LogP contribution in [0.3, 0.4) is 0 Å². The Kier molecular flexibility index (Phi) is 4.37. The van der Waals surface area contributed by atoms with E-state index in [2.05, 4.69) is 0 Å². The van der Waals surface area contributed by atoms with Gasteiger partial charge in [-0.05, 0) is 25.1 Å². The van der Waals surface area contributed by atoms with Gasteiger partial charge in [0.05, 0.1) is 6.54 Å². The number of nitrogens with zero attached hydrogens (tertiary/aromatic N) is 1. The molecule has 0 aliphatic heterocycles. The van der Waals surface area contributed by atoms with E-state index >= 15 is 0 Å². The summed E-state index contributed by atoms with van der Waals surface area (Å²) in [7, 11) is 1.77. The van der Waals surface area contributed by atoms with Crippen molar-refractivity contribution in [2.75, 3.05) is 20.1 Å². The summed E-state index contributed by atoms with van der Waals surface area (Å²) >= 11 is 0. The van der Waals surface area contributed by atoms with Crippen LogP contribution in [0, 0.1) is 11.6 Å². The molecule has 0 saturated carbocycles. The highest BCUT2D eigenvalue weighted by atomic mass is 19.1. The average molecular weight is 213 g/mol. The lowest BCUT2D eigenvalue weighted by Crippen LogP contribution is -2.23. The van der Waals surface area contributed by atoms with Gasteiger partial charge in [0.15, 0.2) is 0 Å². The maximum absolute atomic E-state index is 13.2. The van der Waals surface area contributed by atoms with E-state index in [0.717, 1.165) is 12.4 Å². The minimum Gasteiger partial charge on any atom is -0.302 e. The Hall–Kier alpha value is -1.29. The van der Waals surface area contributed by atoms with Crippen molar-refractivity contribution in [2.45, 2.75) is 6.42 Å². The SMILES string of the molecule is CN(CC=O)CCc1ccc(F)cc1F. The van der Waals surface area contributed by atoms with E-state index in [1.54, 1.807) is 11.9 Å². The van der Waals surface area contributed by atoms with E-state index in [4.69, 9.17) is 0 Å².